The van der Waals surface area contributed by atoms with Gasteiger partial charge in [-0.1, -0.05) is 24.6 Å². The average Bonchev–Trinajstić information content (AvgIpc) is 2.81. The number of hydrogen-bond donors (Lipinski definition) is 2. The zero-order chi connectivity index (χ0) is 16.9. The van der Waals surface area contributed by atoms with Gasteiger partial charge in [-0.25, -0.2) is 4.98 Å². The second-order valence-corrected chi connectivity index (χ2v) is 7.08. The number of aromatic nitrogens is 1. The van der Waals surface area contributed by atoms with Gasteiger partial charge in [0.25, 0.3) is 5.91 Å². The zero-order valence-electron chi connectivity index (χ0n) is 13.7. The molecule has 6 heteroatoms. The fourth-order valence-electron chi connectivity index (χ4n) is 2.83. The molecule has 0 atom stereocenters. The van der Waals surface area contributed by atoms with Crippen molar-refractivity contribution < 1.29 is 9.59 Å². The molecule has 2 N–H and O–H groups in total. The smallest absolute Gasteiger partial charge is 0.251 e. The predicted octanol–water partition coefficient (Wildman–Crippen LogP) is 3.09. The second kappa shape index (κ2) is 7.57. The normalized spacial score (nSPS) is 13.7. The minimum atomic E-state index is -0.249. The van der Waals surface area contributed by atoms with Crippen LogP contribution in [0.5, 0.6) is 0 Å². The summed E-state index contributed by atoms with van der Waals surface area (Å²) in [5.41, 5.74) is 2.60. The third-order valence-corrected chi connectivity index (χ3v) is 5.21. The maximum absolute atomic E-state index is 12.1. The first-order valence-electron chi connectivity index (χ1n) is 8.26. The molecule has 5 nitrogen and oxygen atoms in total. The maximum Gasteiger partial charge on any atom is 0.251 e. The third-order valence-electron chi connectivity index (χ3n) is 4.14. The molecular formula is C18H21N3O2S. The number of nitrogens with zero attached hydrogens (tertiary/aromatic N) is 1. The Morgan fingerprint density at radius 3 is 2.79 bits per heavy atom. The molecule has 126 valence electrons. The summed E-state index contributed by atoms with van der Waals surface area (Å²) in [5, 5.41) is 6.09. The van der Waals surface area contributed by atoms with Crippen molar-refractivity contribution in [2.24, 2.45) is 0 Å². The summed E-state index contributed by atoms with van der Waals surface area (Å²) in [6.07, 6.45) is 5.64. The molecule has 0 fully saturated rings. The first-order valence-corrected chi connectivity index (χ1v) is 9.07. The van der Waals surface area contributed by atoms with Gasteiger partial charge in [0.1, 0.15) is 0 Å². The van der Waals surface area contributed by atoms with E-state index in [1.165, 1.54) is 17.7 Å². The largest absolute Gasteiger partial charge is 0.343 e. The van der Waals surface area contributed by atoms with Crippen molar-refractivity contribution in [2.45, 2.75) is 39.0 Å². The van der Waals surface area contributed by atoms with Crippen molar-refractivity contribution in [1.29, 1.82) is 0 Å². The molecule has 1 aliphatic rings. The standard InChI is InChI=1S/C18H21N3O2S/c1-12-7-5-6-8-13(12)17(23)19-11-16(22)21-18-20-14-9-3-2-4-10-15(14)24-18/h5-8H,2-4,9-11H2,1H3,(H,19,23)(H,20,21,22). The number of thiazole rings is 1. The lowest BCUT2D eigenvalue weighted by atomic mass is 10.1. The number of benzene rings is 1. The van der Waals surface area contributed by atoms with Gasteiger partial charge in [-0.15, -0.1) is 11.3 Å². The molecule has 1 heterocycles. The number of hydrogen-bond acceptors (Lipinski definition) is 4. The van der Waals surface area contributed by atoms with Crippen LogP contribution in [-0.4, -0.2) is 23.3 Å². The zero-order valence-corrected chi connectivity index (χ0v) is 14.5. The summed E-state index contributed by atoms with van der Waals surface area (Å²) >= 11 is 1.55. The quantitative estimate of drug-likeness (QED) is 0.838. The van der Waals surface area contributed by atoms with Crippen LogP contribution in [0.15, 0.2) is 24.3 Å². The topological polar surface area (TPSA) is 71.1 Å². The van der Waals surface area contributed by atoms with E-state index in [9.17, 15) is 9.59 Å². The molecule has 0 unspecified atom stereocenters. The molecule has 1 aromatic heterocycles. The summed E-state index contributed by atoms with van der Waals surface area (Å²) in [6, 6.07) is 7.31. The molecular weight excluding hydrogens is 322 g/mol. The van der Waals surface area contributed by atoms with Crippen molar-refractivity contribution >= 4 is 28.3 Å². The van der Waals surface area contributed by atoms with E-state index in [-0.39, 0.29) is 18.4 Å². The van der Waals surface area contributed by atoms with E-state index in [1.54, 1.807) is 17.4 Å². The summed E-state index contributed by atoms with van der Waals surface area (Å²) in [7, 11) is 0. The molecule has 0 saturated carbocycles. The van der Waals surface area contributed by atoms with Crippen molar-refractivity contribution in [3.63, 3.8) is 0 Å². The van der Waals surface area contributed by atoms with Gasteiger partial charge in [-0.3, -0.25) is 9.59 Å². The molecule has 0 bridgehead atoms. The number of carbonyl (C=O) groups excluding carboxylic acids is 2. The van der Waals surface area contributed by atoms with Crippen LogP contribution in [0.4, 0.5) is 5.13 Å². The van der Waals surface area contributed by atoms with Gasteiger partial charge in [-0.05, 0) is 44.2 Å². The van der Waals surface area contributed by atoms with Gasteiger partial charge in [0.15, 0.2) is 5.13 Å². The van der Waals surface area contributed by atoms with Crippen LogP contribution in [0.3, 0.4) is 0 Å². The van der Waals surface area contributed by atoms with Gasteiger partial charge >= 0.3 is 0 Å². The highest BCUT2D eigenvalue weighted by molar-refractivity contribution is 7.15. The van der Waals surface area contributed by atoms with Crippen LogP contribution >= 0.6 is 11.3 Å². The first-order chi connectivity index (χ1) is 11.6. The minimum absolute atomic E-state index is 0.0581. The minimum Gasteiger partial charge on any atom is -0.343 e. The van der Waals surface area contributed by atoms with Crippen molar-refractivity contribution in [1.82, 2.24) is 10.3 Å². The Kier molecular flexibility index (Phi) is 5.25. The van der Waals surface area contributed by atoms with Crippen LogP contribution in [0, 0.1) is 6.92 Å². The molecule has 0 spiro atoms. The number of fused-ring (bicyclic) bond motifs is 1. The van der Waals surface area contributed by atoms with E-state index in [2.05, 4.69) is 15.6 Å². The Hall–Kier alpha value is -2.21. The monoisotopic (exact) mass is 343 g/mol. The van der Waals surface area contributed by atoms with Crippen LogP contribution in [0.1, 0.15) is 45.8 Å². The average molecular weight is 343 g/mol. The Morgan fingerprint density at radius 2 is 1.96 bits per heavy atom. The van der Waals surface area contributed by atoms with Gasteiger partial charge in [0.05, 0.1) is 12.2 Å². The van der Waals surface area contributed by atoms with E-state index in [4.69, 9.17) is 0 Å². The predicted molar refractivity (Wildman–Crippen MR) is 95.5 cm³/mol. The fourth-order valence-corrected chi connectivity index (χ4v) is 3.90. The summed E-state index contributed by atoms with van der Waals surface area (Å²) < 4.78 is 0. The molecule has 2 amide bonds. The molecule has 3 rings (SSSR count). The summed E-state index contributed by atoms with van der Waals surface area (Å²) in [4.78, 5) is 30.0. The highest BCUT2D eigenvalue weighted by atomic mass is 32.1. The maximum atomic E-state index is 12.1. The van der Waals surface area contributed by atoms with Gasteiger partial charge in [-0.2, -0.15) is 0 Å². The second-order valence-electron chi connectivity index (χ2n) is 6.00. The van der Waals surface area contributed by atoms with Crippen molar-refractivity contribution in [3.8, 4) is 0 Å². The summed E-state index contributed by atoms with van der Waals surface area (Å²) in [6.45, 7) is 1.81. The lowest BCUT2D eigenvalue weighted by Gasteiger charge is -2.07. The number of aryl methyl sites for hydroxylation is 3. The molecule has 0 saturated heterocycles. The molecule has 24 heavy (non-hydrogen) atoms. The summed E-state index contributed by atoms with van der Waals surface area (Å²) in [5.74, 6) is -0.487. The molecule has 2 aromatic rings. The molecule has 0 aliphatic heterocycles. The van der Waals surface area contributed by atoms with E-state index in [0.29, 0.717) is 10.7 Å². The highest BCUT2D eigenvalue weighted by Gasteiger charge is 2.16. The number of carbonyl (C=O) groups is 2. The van der Waals surface area contributed by atoms with E-state index >= 15 is 0 Å². The fraction of sp³-hybridized carbons (Fsp3) is 0.389. The van der Waals surface area contributed by atoms with Crippen molar-refractivity contribution in [3.05, 3.63) is 46.0 Å². The lowest BCUT2D eigenvalue weighted by molar-refractivity contribution is -0.115. The lowest BCUT2D eigenvalue weighted by Crippen LogP contribution is -2.33. The van der Waals surface area contributed by atoms with E-state index in [0.717, 1.165) is 30.5 Å². The van der Waals surface area contributed by atoms with Crippen LogP contribution in [0.25, 0.3) is 0 Å². The van der Waals surface area contributed by atoms with Crippen molar-refractivity contribution in [2.75, 3.05) is 11.9 Å². The number of rotatable bonds is 4. The van der Waals surface area contributed by atoms with Gasteiger partial charge < -0.3 is 10.6 Å². The van der Waals surface area contributed by atoms with E-state index in [1.807, 2.05) is 25.1 Å². The van der Waals surface area contributed by atoms with Crippen LogP contribution in [-0.2, 0) is 17.6 Å². The molecule has 1 aliphatic carbocycles. The first kappa shape index (κ1) is 16.6. The van der Waals surface area contributed by atoms with Crippen LogP contribution in [0.2, 0.25) is 0 Å². The number of anilines is 1. The van der Waals surface area contributed by atoms with Gasteiger partial charge in [0.2, 0.25) is 5.91 Å². The Bertz CT molecular complexity index is 731. The van der Waals surface area contributed by atoms with Gasteiger partial charge in [0, 0.05) is 10.4 Å². The Morgan fingerprint density at radius 1 is 1.17 bits per heavy atom. The highest BCUT2D eigenvalue weighted by Crippen LogP contribution is 2.28. The Labute approximate surface area is 145 Å². The SMILES string of the molecule is Cc1ccccc1C(=O)NCC(=O)Nc1nc2c(s1)CCCCC2. The van der Waals surface area contributed by atoms with Crippen LogP contribution < -0.4 is 10.6 Å². The number of amides is 2. The van der Waals surface area contributed by atoms with E-state index < -0.39 is 0 Å². The number of nitrogens with one attached hydrogen (secondary N) is 2. The Balaban J connectivity index is 1.54. The molecule has 1 aromatic carbocycles. The third kappa shape index (κ3) is 4.00. The molecule has 0 radical (unpaired) electrons.